The van der Waals surface area contributed by atoms with E-state index in [1.54, 1.807) is 42.5 Å². The van der Waals surface area contributed by atoms with Gasteiger partial charge >= 0.3 is 0 Å². The Morgan fingerprint density at radius 2 is 1.91 bits per heavy atom. The van der Waals surface area contributed by atoms with Crippen LogP contribution in [0.15, 0.2) is 55.3 Å². The van der Waals surface area contributed by atoms with Crippen LogP contribution >= 0.6 is 0 Å². The monoisotopic (exact) mass is 307 g/mol. The van der Waals surface area contributed by atoms with Crippen molar-refractivity contribution >= 4 is 23.4 Å². The first kappa shape index (κ1) is 14.6. The van der Waals surface area contributed by atoms with E-state index >= 15 is 0 Å². The van der Waals surface area contributed by atoms with Gasteiger partial charge in [-0.1, -0.05) is 6.08 Å². The van der Waals surface area contributed by atoms with Crippen molar-refractivity contribution < 1.29 is 14.4 Å². The summed E-state index contributed by atoms with van der Waals surface area (Å²) in [7, 11) is 0. The molecule has 23 heavy (non-hydrogen) atoms. The highest BCUT2D eigenvalue weighted by Gasteiger charge is 2.37. The van der Waals surface area contributed by atoms with Crippen molar-refractivity contribution in [2.75, 3.05) is 11.4 Å². The van der Waals surface area contributed by atoms with Gasteiger partial charge in [-0.2, -0.15) is 0 Å². The molecule has 1 aliphatic heterocycles. The smallest absolute Gasteiger partial charge is 0.284 e. The van der Waals surface area contributed by atoms with E-state index in [1.165, 1.54) is 6.20 Å². The SMILES string of the molecule is C=CCNC(=O)c1ccc(N2C(=O)c3cccnc3C2=O)cc1. The molecule has 0 bridgehead atoms. The van der Waals surface area contributed by atoms with Gasteiger partial charge in [-0.3, -0.25) is 19.4 Å². The van der Waals surface area contributed by atoms with Crippen molar-refractivity contribution in [3.05, 3.63) is 72.1 Å². The molecule has 0 saturated heterocycles. The Labute approximate surface area is 132 Å². The van der Waals surface area contributed by atoms with Gasteiger partial charge in [0, 0.05) is 18.3 Å². The van der Waals surface area contributed by atoms with E-state index in [-0.39, 0.29) is 17.2 Å². The van der Waals surface area contributed by atoms with Crippen molar-refractivity contribution in [1.29, 1.82) is 0 Å². The molecule has 0 saturated carbocycles. The van der Waals surface area contributed by atoms with Gasteiger partial charge in [0.15, 0.2) is 0 Å². The van der Waals surface area contributed by atoms with Crippen molar-refractivity contribution in [2.24, 2.45) is 0 Å². The van der Waals surface area contributed by atoms with Crippen LogP contribution in [0, 0.1) is 0 Å². The molecule has 0 atom stereocenters. The maximum absolute atomic E-state index is 12.3. The zero-order valence-electron chi connectivity index (χ0n) is 12.2. The lowest BCUT2D eigenvalue weighted by Gasteiger charge is -2.14. The average molecular weight is 307 g/mol. The highest BCUT2D eigenvalue weighted by atomic mass is 16.2. The number of nitrogens with one attached hydrogen (secondary N) is 1. The number of benzene rings is 1. The lowest BCUT2D eigenvalue weighted by molar-refractivity contribution is 0.0922. The summed E-state index contributed by atoms with van der Waals surface area (Å²) in [5.74, 6) is -1.13. The van der Waals surface area contributed by atoms with Gasteiger partial charge in [-0.15, -0.1) is 6.58 Å². The van der Waals surface area contributed by atoms with Crippen LogP contribution in [0.2, 0.25) is 0 Å². The molecule has 114 valence electrons. The lowest BCUT2D eigenvalue weighted by Crippen LogP contribution is -2.29. The van der Waals surface area contributed by atoms with E-state index in [4.69, 9.17) is 0 Å². The molecule has 1 N–H and O–H groups in total. The summed E-state index contributed by atoms with van der Waals surface area (Å²) in [5.41, 5.74) is 1.26. The van der Waals surface area contributed by atoms with Crippen molar-refractivity contribution in [2.45, 2.75) is 0 Å². The number of aromatic nitrogens is 1. The first-order chi connectivity index (χ1) is 11.1. The number of nitrogens with zero attached hydrogens (tertiary/aromatic N) is 2. The van der Waals surface area contributed by atoms with Crippen LogP contribution in [0.1, 0.15) is 31.2 Å². The van der Waals surface area contributed by atoms with Gasteiger partial charge < -0.3 is 5.32 Å². The Morgan fingerprint density at radius 3 is 2.57 bits per heavy atom. The number of hydrogen-bond acceptors (Lipinski definition) is 4. The molecule has 1 aromatic carbocycles. The largest absolute Gasteiger partial charge is 0.349 e. The van der Waals surface area contributed by atoms with Crippen molar-refractivity contribution in [1.82, 2.24) is 10.3 Å². The molecule has 1 aromatic heterocycles. The highest BCUT2D eigenvalue weighted by Crippen LogP contribution is 2.27. The normalized spacial score (nSPS) is 13.0. The molecule has 0 aliphatic carbocycles. The van der Waals surface area contributed by atoms with Gasteiger partial charge in [-0.25, -0.2) is 4.90 Å². The van der Waals surface area contributed by atoms with E-state index < -0.39 is 11.8 Å². The standard InChI is InChI=1S/C17H13N3O3/c1-2-9-19-15(21)11-5-7-12(8-6-11)20-16(22)13-4-3-10-18-14(13)17(20)23/h2-8,10H,1,9H2,(H,19,21). The van der Waals surface area contributed by atoms with Crippen LogP contribution in [0.3, 0.4) is 0 Å². The molecule has 2 heterocycles. The second kappa shape index (κ2) is 5.84. The van der Waals surface area contributed by atoms with Gasteiger partial charge in [0.05, 0.1) is 11.3 Å². The lowest BCUT2D eigenvalue weighted by atomic mass is 10.2. The van der Waals surface area contributed by atoms with E-state index in [0.29, 0.717) is 17.8 Å². The third-order valence-electron chi connectivity index (χ3n) is 3.44. The fourth-order valence-corrected chi connectivity index (χ4v) is 2.33. The van der Waals surface area contributed by atoms with E-state index in [0.717, 1.165) is 4.90 Å². The van der Waals surface area contributed by atoms with Crippen LogP contribution < -0.4 is 10.2 Å². The number of carbonyl (C=O) groups excluding carboxylic acids is 3. The summed E-state index contributed by atoms with van der Waals surface area (Å²) >= 11 is 0. The van der Waals surface area contributed by atoms with E-state index in [1.807, 2.05) is 0 Å². The fraction of sp³-hybridized carbons (Fsp3) is 0.0588. The zero-order chi connectivity index (χ0) is 16.4. The molecule has 6 nitrogen and oxygen atoms in total. The molecule has 2 aromatic rings. The van der Waals surface area contributed by atoms with Gasteiger partial charge in [-0.05, 0) is 36.4 Å². The average Bonchev–Trinajstić information content (AvgIpc) is 2.84. The molecular formula is C17H13N3O3. The maximum Gasteiger partial charge on any atom is 0.284 e. The summed E-state index contributed by atoms with van der Waals surface area (Å²) < 4.78 is 0. The third kappa shape index (κ3) is 2.50. The maximum atomic E-state index is 12.3. The Kier molecular flexibility index (Phi) is 3.72. The van der Waals surface area contributed by atoms with Crippen LogP contribution in [0.5, 0.6) is 0 Å². The van der Waals surface area contributed by atoms with Crippen LogP contribution in [0.4, 0.5) is 5.69 Å². The number of amides is 3. The molecule has 0 radical (unpaired) electrons. The van der Waals surface area contributed by atoms with Crippen LogP contribution in [-0.2, 0) is 0 Å². The first-order valence-electron chi connectivity index (χ1n) is 6.96. The van der Waals surface area contributed by atoms with Gasteiger partial charge in [0.25, 0.3) is 17.7 Å². The summed E-state index contributed by atoms with van der Waals surface area (Å²) in [5, 5.41) is 2.65. The molecule has 3 rings (SSSR count). The van der Waals surface area contributed by atoms with Crippen LogP contribution in [-0.4, -0.2) is 29.3 Å². The molecule has 3 amide bonds. The number of carbonyl (C=O) groups is 3. The quantitative estimate of drug-likeness (QED) is 0.690. The van der Waals surface area contributed by atoms with Crippen molar-refractivity contribution in [3.8, 4) is 0 Å². The fourth-order valence-electron chi connectivity index (χ4n) is 2.33. The first-order valence-corrected chi connectivity index (χ1v) is 6.96. The van der Waals surface area contributed by atoms with Gasteiger partial charge in [0.1, 0.15) is 5.69 Å². The third-order valence-corrected chi connectivity index (χ3v) is 3.44. The minimum absolute atomic E-state index is 0.144. The van der Waals surface area contributed by atoms with Crippen LogP contribution in [0.25, 0.3) is 0 Å². The minimum Gasteiger partial charge on any atom is -0.349 e. The van der Waals surface area contributed by atoms with Gasteiger partial charge in [0.2, 0.25) is 0 Å². The predicted molar refractivity (Wildman–Crippen MR) is 84.3 cm³/mol. The topological polar surface area (TPSA) is 79.4 Å². The Bertz CT molecular complexity index is 777. The molecular weight excluding hydrogens is 294 g/mol. The number of hydrogen-bond donors (Lipinski definition) is 1. The number of pyridine rings is 1. The predicted octanol–water partition coefficient (Wildman–Crippen LogP) is 1.80. The molecule has 1 aliphatic rings. The second-order valence-electron chi connectivity index (χ2n) is 4.89. The second-order valence-corrected chi connectivity index (χ2v) is 4.89. The summed E-state index contributed by atoms with van der Waals surface area (Å²) in [6.45, 7) is 3.89. The van der Waals surface area contributed by atoms with E-state index in [9.17, 15) is 14.4 Å². The summed E-state index contributed by atoms with van der Waals surface area (Å²) in [6, 6.07) is 9.42. The molecule has 0 spiro atoms. The molecule has 0 unspecified atom stereocenters. The molecule has 6 heteroatoms. The molecule has 0 fully saturated rings. The van der Waals surface area contributed by atoms with E-state index in [2.05, 4.69) is 16.9 Å². The number of rotatable bonds is 4. The number of anilines is 1. The highest BCUT2D eigenvalue weighted by molar-refractivity contribution is 6.33. The number of imide groups is 1. The number of fused-ring (bicyclic) bond motifs is 1. The zero-order valence-corrected chi connectivity index (χ0v) is 12.2. The summed E-state index contributed by atoms with van der Waals surface area (Å²) in [4.78, 5) is 41.5. The Balaban J connectivity index is 1.86. The van der Waals surface area contributed by atoms with Crippen molar-refractivity contribution in [3.63, 3.8) is 0 Å². The summed E-state index contributed by atoms with van der Waals surface area (Å²) in [6.07, 6.45) is 3.05. The minimum atomic E-state index is -0.463. The Hall–Kier alpha value is -3.28. The Morgan fingerprint density at radius 1 is 1.17 bits per heavy atom.